The van der Waals surface area contributed by atoms with Crippen molar-refractivity contribution in [3.63, 3.8) is 0 Å². The molecule has 2 atom stereocenters. The van der Waals surface area contributed by atoms with E-state index in [1.54, 1.807) is 24.4 Å². The molecule has 1 amide bonds. The first-order chi connectivity index (χ1) is 12.2. The number of hydrogen-bond donors (Lipinski definition) is 2. The Balaban J connectivity index is 1.57. The molecule has 2 aliphatic rings. The van der Waals surface area contributed by atoms with Crippen LogP contribution in [0.3, 0.4) is 0 Å². The van der Waals surface area contributed by atoms with Crippen LogP contribution < -0.4 is 15.4 Å². The normalized spacial score (nSPS) is 24.2. The molecule has 4 rings (SSSR count). The van der Waals surface area contributed by atoms with Gasteiger partial charge in [-0.25, -0.2) is 0 Å². The second kappa shape index (κ2) is 6.45. The molecule has 0 spiro atoms. The molecule has 4 heterocycles. The predicted octanol–water partition coefficient (Wildman–Crippen LogP) is 0.619. The van der Waals surface area contributed by atoms with Crippen LogP contribution in [0.4, 0.5) is 5.82 Å². The Hall–Kier alpha value is -2.45. The third-order valence-corrected chi connectivity index (χ3v) is 5.00. The number of aromatic amines is 1. The maximum absolute atomic E-state index is 12.9. The number of methoxy groups -OCH3 is 1. The number of rotatable bonds is 4. The van der Waals surface area contributed by atoms with Gasteiger partial charge < -0.3 is 10.5 Å². The van der Waals surface area contributed by atoms with Crippen LogP contribution in [0.1, 0.15) is 12.8 Å². The summed E-state index contributed by atoms with van der Waals surface area (Å²) in [4.78, 5) is 21.4. The Bertz CT molecular complexity index is 763. The molecule has 1 unspecified atom stereocenters. The van der Waals surface area contributed by atoms with Crippen molar-refractivity contribution in [3.05, 3.63) is 24.5 Å². The number of amides is 1. The van der Waals surface area contributed by atoms with Crippen LogP contribution >= 0.6 is 0 Å². The highest BCUT2D eigenvalue weighted by atomic mass is 16.5. The summed E-state index contributed by atoms with van der Waals surface area (Å²) in [5.41, 5.74) is 7.72. The highest BCUT2D eigenvalue weighted by molar-refractivity contribution is 5.99. The topological polar surface area (TPSA) is 100 Å². The zero-order valence-electron chi connectivity index (χ0n) is 14.2. The molecule has 2 saturated heterocycles. The lowest BCUT2D eigenvalue weighted by Gasteiger charge is -2.23. The fourth-order valence-electron chi connectivity index (χ4n) is 3.68. The van der Waals surface area contributed by atoms with Gasteiger partial charge in [-0.1, -0.05) is 0 Å². The van der Waals surface area contributed by atoms with Gasteiger partial charge in [0.25, 0.3) is 0 Å². The van der Waals surface area contributed by atoms with Crippen LogP contribution in [0.25, 0.3) is 11.1 Å². The Morgan fingerprint density at radius 2 is 2.20 bits per heavy atom. The smallest absolute Gasteiger partial charge is 0.245 e. The minimum Gasteiger partial charge on any atom is -0.480 e. The SMILES string of the molecule is COc1nc(N2CCC(N3CC[C@@H](N)C3)C2=O)ccc1-c1cn[nH]c1. The summed E-state index contributed by atoms with van der Waals surface area (Å²) in [7, 11) is 1.58. The summed E-state index contributed by atoms with van der Waals surface area (Å²) < 4.78 is 5.43. The van der Waals surface area contributed by atoms with Crippen LogP contribution in [-0.4, -0.2) is 64.8 Å². The molecule has 2 aromatic rings. The van der Waals surface area contributed by atoms with Gasteiger partial charge in [-0.15, -0.1) is 0 Å². The Morgan fingerprint density at radius 3 is 2.88 bits per heavy atom. The van der Waals surface area contributed by atoms with E-state index in [0.717, 1.165) is 37.1 Å². The molecule has 0 saturated carbocycles. The van der Waals surface area contributed by atoms with Gasteiger partial charge in [0.2, 0.25) is 11.8 Å². The van der Waals surface area contributed by atoms with E-state index in [4.69, 9.17) is 10.5 Å². The minimum atomic E-state index is -0.0881. The van der Waals surface area contributed by atoms with E-state index in [2.05, 4.69) is 20.1 Å². The van der Waals surface area contributed by atoms with Crippen LogP contribution in [0, 0.1) is 0 Å². The first kappa shape index (κ1) is 16.0. The molecule has 132 valence electrons. The van der Waals surface area contributed by atoms with E-state index in [9.17, 15) is 4.79 Å². The summed E-state index contributed by atoms with van der Waals surface area (Å²) >= 11 is 0. The minimum absolute atomic E-state index is 0.0881. The van der Waals surface area contributed by atoms with Gasteiger partial charge in [0.1, 0.15) is 5.82 Å². The highest BCUT2D eigenvalue weighted by Crippen LogP contribution is 2.32. The van der Waals surface area contributed by atoms with Crippen LogP contribution in [0.5, 0.6) is 5.88 Å². The lowest BCUT2D eigenvalue weighted by atomic mass is 10.1. The third kappa shape index (κ3) is 2.87. The van der Waals surface area contributed by atoms with Crippen LogP contribution in [-0.2, 0) is 4.79 Å². The first-order valence-electron chi connectivity index (χ1n) is 8.52. The van der Waals surface area contributed by atoms with Gasteiger partial charge in [-0.2, -0.15) is 10.1 Å². The molecule has 0 bridgehead atoms. The van der Waals surface area contributed by atoms with Crippen molar-refractivity contribution in [3.8, 4) is 17.0 Å². The Kier molecular flexibility index (Phi) is 4.14. The number of anilines is 1. The quantitative estimate of drug-likeness (QED) is 0.845. The number of carbonyl (C=O) groups is 1. The molecular formula is C17H22N6O2. The van der Waals surface area contributed by atoms with E-state index in [1.807, 2.05) is 12.1 Å². The van der Waals surface area contributed by atoms with E-state index in [-0.39, 0.29) is 18.0 Å². The number of pyridine rings is 1. The Morgan fingerprint density at radius 1 is 1.32 bits per heavy atom. The average molecular weight is 342 g/mol. The monoisotopic (exact) mass is 342 g/mol. The van der Waals surface area contributed by atoms with Gasteiger partial charge in [-0.05, 0) is 25.0 Å². The van der Waals surface area contributed by atoms with E-state index >= 15 is 0 Å². The van der Waals surface area contributed by atoms with Crippen molar-refractivity contribution >= 4 is 11.7 Å². The fraction of sp³-hybridized carbons (Fsp3) is 0.471. The summed E-state index contributed by atoms with van der Waals surface area (Å²) in [5.74, 6) is 1.21. The largest absolute Gasteiger partial charge is 0.480 e. The highest BCUT2D eigenvalue weighted by Gasteiger charge is 2.39. The van der Waals surface area contributed by atoms with Gasteiger partial charge in [0, 0.05) is 43.0 Å². The fourth-order valence-corrected chi connectivity index (χ4v) is 3.68. The zero-order valence-corrected chi connectivity index (χ0v) is 14.2. The van der Waals surface area contributed by atoms with Gasteiger partial charge in [-0.3, -0.25) is 19.7 Å². The van der Waals surface area contributed by atoms with Crippen molar-refractivity contribution in [2.45, 2.75) is 24.9 Å². The van der Waals surface area contributed by atoms with Crippen molar-refractivity contribution in [1.82, 2.24) is 20.1 Å². The van der Waals surface area contributed by atoms with E-state index in [0.29, 0.717) is 18.2 Å². The van der Waals surface area contributed by atoms with E-state index < -0.39 is 0 Å². The van der Waals surface area contributed by atoms with Crippen LogP contribution in [0.15, 0.2) is 24.5 Å². The van der Waals surface area contributed by atoms with E-state index in [1.165, 1.54) is 0 Å². The number of likely N-dealkylation sites (tertiary alicyclic amines) is 1. The summed E-state index contributed by atoms with van der Waals surface area (Å²) in [6.07, 6.45) is 5.26. The second-order valence-corrected chi connectivity index (χ2v) is 6.55. The second-order valence-electron chi connectivity index (χ2n) is 6.55. The summed E-state index contributed by atoms with van der Waals surface area (Å²) in [6, 6.07) is 3.86. The molecule has 0 aliphatic carbocycles. The molecule has 2 fully saturated rings. The van der Waals surface area contributed by atoms with Crippen molar-refractivity contribution < 1.29 is 9.53 Å². The number of ether oxygens (including phenoxy) is 1. The molecule has 0 radical (unpaired) electrons. The maximum Gasteiger partial charge on any atom is 0.245 e. The standard InChI is InChI=1S/C17H22N6O2/c1-25-16-13(11-8-19-20-9-11)2-3-15(21-16)23-7-5-14(17(23)24)22-6-4-12(18)10-22/h2-3,8-9,12,14H,4-7,10,18H2,1H3,(H,19,20)/t12-,14?/m1/s1. The number of hydrogen-bond acceptors (Lipinski definition) is 6. The number of nitrogens with two attached hydrogens (primary N) is 1. The number of nitrogens with zero attached hydrogens (tertiary/aromatic N) is 4. The summed E-state index contributed by atoms with van der Waals surface area (Å²) in [6.45, 7) is 2.35. The molecular weight excluding hydrogens is 320 g/mol. The molecule has 25 heavy (non-hydrogen) atoms. The van der Waals surface area contributed by atoms with Crippen molar-refractivity contribution in [2.24, 2.45) is 5.73 Å². The molecule has 2 aromatic heterocycles. The van der Waals surface area contributed by atoms with Gasteiger partial charge in [0.05, 0.1) is 19.3 Å². The van der Waals surface area contributed by atoms with Crippen molar-refractivity contribution in [2.75, 3.05) is 31.6 Å². The molecule has 8 heteroatoms. The Labute approximate surface area is 146 Å². The van der Waals surface area contributed by atoms with Crippen molar-refractivity contribution in [1.29, 1.82) is 0 Å². The third-order valence-electron chi connectivity index (χ3n) is 5.00. The lowest BCUT2D eigenvalue weighted by Crippen LogP contribution is -2.42. The molecule has 2 aliphatic heterocycles. The zero-order chi connectivity index (χ0) is 17.4. The molecule has 3 N–H and O–H groups in total. The number of nitrogens with one attached hydrogen (secondary N) is 1. The molecule has 0 aromatic carbocycles. The average Bonchev–Trinajstić information content (AvgIpc) is 3.35. The molecule has 8 nitrogen and oxygen atoms in total. The predicted molar refractivity (Wildman–Crippen MR) is 93.3 cm³/mol. The maximum atomic E-state index is 12.9. The summed E-state index contributed by atoms with van der Waals surface area (Å²) in [5, 5.41) is 6.74. The lowest BCUT2D eigenvalue weighted by molar-refractivity contribution is -0.121. The first-order valence-corrected chi connectivity index (χ1v) is 8.52. The van der Waals surface area contributed by atoms with Gasteiger partial charge in [0.15, 0.2) is 0 Å². The van der Waals surface area contributed by atoms with Gasteiger partial charge >= 0.3 is 0 Å². The number of carbonyl (C=O) groups excluding carboxylic acids is 1. The number of aromatic nitrogens is 3. The van der Waals surface area contributed by atoms with Crippen LogP contribution in [0.2, 0.25) is 0 Å². The number of H-pyrrole nitrogens is 1.